The van der Waals surface area contributed by atoms with E-state index in [1.807, 2.05) is 13.0 Å². The SMILES string of the molecule is CC1CN(c2cc(C(=N)N)ccn2)C(C)CO1. The van der Waals surface area contributed by atoms with Gasteiger partial charge in [-0.2, -0.15) is 0 Å². The summed E-state index contributed by atoms with van der Waals surface area (Å²) < 4.78 is 5.58. The Morgan fingerprint density at radius 3 is 3.06 bits per heavy atom. The third-order valence-electron chi connectivity index (χ3n) is 2.96. The molecule has 0 aromatic carbocycles. The third kappa shape index (κ3) is 2.55. The molecule has 0 amide bonds. The summed E-state index contributed by atoms with van der Waals surface area (Å²) in [5.41, 5.74) is 6.20. The number of ether oxygens (including phenoxy) is 1. The fourth-order valence-corrected chi connectivity index (χ4v) is 1.97. The lowest BCUT2D eigenvalue weighted by atomic mass is 10.2. The van der Waals surface area contributed by atoms with Crippen LogP contribution in [0.4, 0.5) is 5.82 Å². The predicted molar refractivity (Wildman–Crippen MR) is 67.5 cm³/mol. The topological polar surface area (TPSA) is 75.2 Å². The molecule has 92 valence electrons. The Labute approximate surface area is 101 Å². The van der Waals surface area contributed by atoms with Crippen LogP contribution in [0.25, 0.3) is 0 Å². The van der Waals surface area contributed by atoms with Crippen molar-refractivity contribution in [1.82, 2.24) is 4.98 Å². The van der Waals surface area contributed by atoms with Crippen molar-refractivity contribution < 1.29 is 4.74 Å². The summed E-state index contributed by atoms with van der Waals surface area (Å²) >= 11 is 0. The summed E-state index contributed by atoms with van der Waals surface area (Å²) in [4.78, 5) is 6.54. The third-order valence-corrected chi connectivity index (χ3v) is 2.96. The van der Waals surface area contributed by atoms with Crippen molar-refractivity contribution in [3.05, 3.63) is 23.9 Å². The predicted octanol–water partition coefficient (Wildman–Crippen LogP) is 0.979. The number of nitrogens with zero attached hydrogens (tertiary/aromatic N) is 2. The molecule has 2 heterocycles. The van der Waals surface area contributed by atoms with Crippen molar-refractivity contribution in [2.75, 3.05) is 18.1 Å². The maximum atomic E-state index is 7.44. The smallest absolute Gasteiger partial charge is 0.129 e. The van der Waals surface area contributed by atoms with Crippen molar-refractivity contribution in [1.29, 1.82) is 5.41 Å². The number of nitrogens with one attached hydrogen (secondary N) is 1. The van der Waals surface area contributed by atoms with Crippen LogP contribution in [-0.2, 0) is 4.74 Å². The van der Waals surface area contributed by atoms with E-state index in [0.29, 0.717) is 18.2 Å². The zero-order chi connectivity index (χ0) is 12.4. The summed E-state index contributed by atoms with van der Waals surface area (Å²) in [6.07, 6.45) is 1.90. The lowest BCUT2D eigenvalue weighted by molar-refractivity contribution is 0.0340. The molecule has 0 saturated carbocycles. The zero-order valence-corrected chi connectivity index (χ0v) is 10.2. The minimum absolute atomic E-state index is 0.0719. The minimum Gasteiger partial charge on any atom is -0.384 e. The number of anilines is 1. The van der Waals surface area contributed by atoms with Gasteiger partial charge in [0, 0.05) is 18.3 Å². The highest BCUT2D eigenvalue weighted by molar-refractivity contribution is 5.95. The molecule has 2 atom stereocenters. The van der Waals surface area contributed by atoms with Gasteiger partial charge in [0.15, 0.2) is 0 Å². The summed E-state index contributed by atoms with van der Waals surface area (Å²) in [5, 5.41) is 7.44. The molecule has 1 aliphatic rings. The van der Waals surface area contributed by atoms with Crippen molar-refractivity contribution in [3.63, 3.8) is 0 Å². The first-order valence-corrected chi connectivity index (χ1v) is 5.76. The molecule has 1 aliphatic heterocycles. The molecule has 2 unspecified atom stereocenters. The number of aromatic nitrogens is 1. The second-order valence-electron chi connectivity index (χ2n) is 4.46. The van der Waals surface area contributed by atoms with Gasteiger partial charge in [-0.3, -0.25) is 5.41 Å². The van der Waals surface area contributed by atoms with Crippen LogP contribution < -0.4 is 10.6 Å². The van der Waals surface area contributed by atoms with Crippen LogP contribution in [0.15, 0.2) is 18.3 Å². The number of hydrogen-bond donors (Lipinski definition) is 2. The first-order valence-electron chi connectivity index (χ1n) is 5.76. The standard InChI is InChI=1S/C12H18N4O/c1-8-7-17-9(2)6-16(8)11-5-10(12(13)14)3-4-15-11/h3-5,8-9H,6-7H2,1-2H3,(H3,13,14). The lowest BCUT2D eigenvalue weighted by Crippen LogP contribution is -2.47. The van der Waals surface area contributed by atoms with E-state index in [1.165, 1.54) is 0 Å². The van der Waals surface area contributed by atoms with E-state index in [-0.39, 0.29) is 11.9 Å². The first-order chi connectivity index (χ1) is 8.08. The van der Waals surface area contributed by atoms with Crippen molar-refractivity contribution in [2.45, 2.75) is 26.0 Å². The highest BCUT2D eigenvalue weighted by Gasteiger charge is 2.24. The minimum atomic E-state index is 0.0719. The van der Waals surface area contributed by atoms with Crippen LogP contribution in [0, 0.1) is 5.41 Å². The van der Waals surface area contributed by atoms with E-state index in [4.69, 9.17) is 15.9 Å². The Morgan fingerprint density at radius 2 is 2.35 bits per heavy atom. The van der Waals surface area contributed by atoms with Crippen molar-refractivity contribution in [2.24, 2.45) is 5.73 Å². The molecule has 5 heteroatoms. The maximum Gasteiger partial charge on any atom is 0.129 e. The highest BCUT2D eigenvalue weighted by atomic mass is 16.5. The molecule has 0 radical (unpaired) electrons. The van der Waals surface area contributed by atoms with Crippen LogP contribution in [0.3, 0.4) is 0 Å². The fraction of sp³-hybridized carbons (Fsp3) is 0.500. The Kier molecular flexibility index (Phi) is 3.28. The molecule has 1 aromatic rings. The quantitative estimate of drug-likeness (QED) is 0.591. The second-order valence-corrected chi connectivity index (χ2v) is 4.46. The van der Waals surface area contributed by atoms with Crippen molar-refractivity contribution >= 4 is 11.7 Å². The van der Waals surface area contributed by atoms with Gasteiger partial charge in [-0.1, -0.05) is 0 Å². The average molecular weight is 234 g/mol. The highest BCUT2D eigenvalue weighted by Crippen LogP contribution is 2.20. The van der Waals surface area contributed by atoms with Gasteiger partial charge < -0.3 is 15.4 Å². The Morgan fingerprint density at radius 1 is 1.59 bits per heavy atom. The largest absolute Gasteiger partial charge is 0.384 e. The summed E-state index contributed by atoms with van der Waals surface area (Å²) in [6.45, 7) is 5.67. The molecular formula is C12H18N4O. The van der Waals surface area contributed by atoms with E-state index >= 15 is 0 Å². The molecule has 1 fully saturated rings. The molecule has 1 saturated heterocycles. The molecular weight excluding hydrogens is 216 g/mol. The van der Waals surface area contributed by atoms with Gasteiger partial charge >= 0.3 is 0 Å². The van der Waals surface area contributed by atoms with Gasteiger partial charge in [-0.05, 0) is 26.0 Å². The second kappa shape index (κ2) is 4.71. The number of amidine groups is 1. The summed E-state index contributed by atoms with van der Waals surface area (Å²) in [5.74, 6) is 0.933. The monoisotopic (exact) mass is 234 g/mol. The van der Waals surface area contributed by atoms with Crippen molar-refractivity contribution in [3.8, 4) is 0 Å². The molecule has 3 N–H and O–H groups in total. The maximum absolute atomic E-state index is 7.44. The van der Waals surface area contributed by atoms with E-state index in [1.54, 1.807) is 12.3 Å². The number of rotatable bonds is 2. The Bertz CT molecular complexity index is 421. The Balaban J connectivity index is 2.26. The number of pyridine rings is 1. The number of hydrogen-bond acceptors (Lipinski definition) is 4. The fourth-order valence-electron chi connectivity index (χ4n) is 1.97. The van der Waals surface area contributed by atoms with E-state index in [9.17, 15) is 0 Å². The van der Waals surface area contributed by atoms with Gasteiger partial charge in [0.05, 0.1) is 18.8 Å². The molecule has 2 rings (SSSR count). The molecule has 0 bridgehead atoms. The van der Waals surface area contributed by atoms with Gasteiger partial charge in [0.2, 0.25) is 0 Å². The van der Waals surface area contributed by atoms with Gasteiger partial charge in [0.25, 0.3) is 0 Å². The Hall–Kier alpha value is -1.62. The first kappa shape index (κ1) is 11.9. The average Bonchev–Trinajstić information content (AvgIpc) is 2.32. The molecule has 5 nitrogen and oxygen atoms in total. The summed E-state index contributed by atoms with van der Waals surface area (Å²) in [7, 11) is 0. The van der Waals surface area contributed by atoms with Crippen LogP contribution in [0.1, 0.15) is 19.4 Å². The molecule has 0 aliphatic carbocycles. The zero-order valence-electron chi connectivity index (χ0n) is 10.2. The number of nitrogen functional groups attached to an aromatic ring is 1. The summed E-state index contributed by atoms with van der Waals surface area (Å²) in [6, 6.07) is 3.90. The lowest BCUT2D eigenvalue weighted by Gasteiger charge is -2.37. The van der Waals surface area contributed by atoms with Crippen LogP contribution in [0.2, 0.25) is 0 Å². The van der Waals surface area contributed by atoms with E-state index in [2.05, 4.69) is 16.8 Å². The van der Waals surface area contributed by atoms with Crippen LogP contribution >= 0.6 is 0 Å². The van der Waals surface area contributed by atoms with Gasteiger partial charge in [-0.25, -0.2) is 4.98 Å². The van der Waals surface area contributed by atoms with Gasteiger partial charge in [0.1, 0.15) is 11.7 Å². The number of nitrogens with two attached hydrogens (primary N) is 1. The van der Waals surface area contributed by atoms with E-state index in [0.717, 1.165) is 12.4 Å². The normalized spacial score (nSPS) is 24.7. The van der Waals surface area contributed by atoms with Crippen LogP contribution in [0.5, 0.6) is 0 Å². The van der Waals surface area contributed by atoms with Crippen LogP contribution in [-0.4, -0.2) is 36.1 Å². The van der Waals surface area contributed by atoms with Gasteiger partial charge in [-0.15, -0.1) is 0 Å². The molecule has 17 heavy (non-hydrogen) atoms. The van der Waals surface area contributed by atoms with E-state index < -0.39 is 0 Å². The number of morpholine rings is 1. The molecule has 0 spiro atoms. The molecule has 1 aromatic heterocycles.